The number of hydrogen-bond donors (Lipinski definition) is 2. The van der Waals surface area contributed by atoms with Gasteiger partial charge in [0.1, 0.15) is 23.3 Å². The fourth-order valence-electron chi connectivity index (χ4n) is 1.14. The summed E-state index contributed by atoms with van der Waals surface area (Å²) in [4.78, 5) is 30.0. The third-order valence-corrected chi connectivity index (χ3v) is 2.96. The van der Waals surface area contributed by atoms with E-state index in [2.05, 4.69) is 20.6 Å². The van der Waals surface area contributed by atoms with Crippen LogP contribution in [0.3, 0.4) is 0 Å². The molecule has 1 aromatic rings. The Morgan fingerprint density at radius 2 is 2.44 bits per heavy atom. The molecule has 0 aliphatic carbocycles. The first-order valence-corrected chi connectivity index (χ1v) is 5.73. The van der Waals surface area contributed by atoms with Gasteiger partial charge in [0.05, 0.1) is 0 Å². The number of aromatic nitrogens is 2. The van der Waals surface area contributed by atoms with Crippen molar-refractivity contribution in [2.45, 2.75) is 6.04 Å². The number of nitrogens with one attached hydrogen (secondary N) is 2. The number of hydrogen-bond acceptors (Lipinski definition) is 5. The second kappa shape index (κ2) is 4.67. The molecule has 2 N–H and O–H groups in total. The normalized spacial score (nSPS) is 19.3. The maximum Gasteiger partial charge on any atom is 0.279 e. The highest BCUT2D eigenvalue weighted by Crippen LogP contribution is 2.15. The SMILES string of the molecule is O=C1NC(C(=O)Nc2cc(Cl)ncn2)CS1. The number of rotatable bonds is 2. The van der Waals surface area contributed by atoms with Gasteiger partial charge in [0.15, 0.2) is 0 Å². The molecule has 0 radical (unpaired) electrons. The van der Waals surface area contributed by atoms with Crippen LogP contribution < -0.4 is 10.6 Å². The molecule has 84 valence electrons. The zero-order chi connectivity index (χ0) is 11.5. The van der Waals surface area contributed by atoms with E-state index in [9.17, 15) is 9.59 Å². The third kappa shape index (κ3) is 2.61. The fourth-order valence-corrected chi connectivity index (χ4v) is 2.07. The van der Waals surface area contributed by atoms with Crippen LogP contribution in [0.2, 0.25) is 5.15 Å². The summed E-state index contributed by atoms with van der Waals surface area (Å²) in [5, 5.41) is 5.12. The highest BCUT2D eigenvalue weighted by Gasteiger charge is 2.28. The van der Waals surface area contributed by atoms with Crippen molar-refractivity contribution in [2.24, 2.45) is 0 Å². The Morgan fingerprint density at radius 3 is 3.06 bits per heavy atom. The van der Waals surface area contributed by atoms with E-state index in [1.807, 2.05) is 0 Å². The van der Waals surface area contributed by atoms with Crippen LogP contribution in [0.25, 0.3) is 0 Å². The fraction of sp³-hybridized carbons (Fsp3) is 0.250. The lowest BCUT2D eigenvalue weighted by molar-refractivity contribution is -0.117. The summed E-state index contributed by atoms with van der Waals surface area (Å²) in [6, 6.07) is 0.912. The summed E-state index contributed by atoms with van der Waals surface area (Å²) in [5.74, 6) is 0.424. The summed E-state index contributed by atoms with van der Waals surface area (Å²) < 4.78 is 0. The molecule has 8 heteroatoms. The van der Waals surface area contributed by atoms with Crippen molar-refractivity contribution in [2.75, 3.05) is 11.1 Å². The summed E-state index contributed by atoms with van der Waals surface area (Å²) in [7, 11) is 0. The molecule has 2 rings (SSSR count). The van der Waals surface area contributed by atoms with Crippen LogP contribution in [0, 0.1) is 0 Å². The monoisotopic (exact) mass is 258 g/mol. The predicted octanol–water partition coefficient (Wildman–Crippen LogP) is 0.893. The Bertz CT molecular complexity index is 442. The van der Waals surface area contributed by atoms with Crippen LogP contribution in [-0.2, 0) is 4.79 Å². The zero-order valence-electron chi connectivity index (χ0n) is 7.94. The van der Waals surface area contributed by atoms with Crippen LogP contribution >= 0.6 is 23.4 Å². The van der Waals surface area contributed by atoms with Crippen molar-refractivity contribution in [3.63, 3.8) is 0 Å². The molecule has 2 heterocycles. The molecule has 1 aromatic heterocycles. The lowest BCUT2D eigenvalue weighted by atomic mass is 10.3. The van der Waals surface area contributed by atoms with Crippen molar-refractivity contribution < 1.29 is 9.59 Å². The lowest BCUT2D eigenvalue weighted by Crippen LogP contribution is -2.38. The van der Waals surface area contributed by atoms with Gasteiger partial charge >= 0.3 is 0 Å². The van der Waals surface area contributed by atoms with E-state index in [4.69, 9.17) is 11.6 Å². The quantitative estimate of drug-likeness (QED) is 0.770. The van der Waals surface area contributed by atoms with Gasteiger partial charge in [-0.2, -0.15) is 0 Å². The number of carbonyl (C=O) groups excluding carboxylic acids is 2. The minimum absolute atomic E-state index is 0.194. The van der Waals surface area contributed by atoms with E-state index < -0.39 is 6.04 Å². The van der Waals surface area contributed by atoms with Crippen molar-refractivity contribution in [1.82, 2.24) is 15.3 Å². The molecule has 6 nitrogen and oxygen atoms in total. The van der Waals surface area contributed by atoms with E-state index in [1.165, 1.54) is 12.4 Å². The van der Waals surface area contributed by atoms with E-state index in [0.29, 0.717) is 11.6 Å². The average molecular weight is 259 g/mol. The maximum absolute atomic E-state index is 11.6. The van der Waals surface area contributed by atoms with Crippen LogP contribution in [0.4, 0.5) is 10.6 Å². The Morgan fingerprint density at radius 1 is 1.62 bits per heavy atom. The molecule has 1 saturated heterocycles. The third-order valence-electron chi connectivity index (χ3n) is 1.87. The highest BCUT2D eigenvalue weighted by atomic mass is 35.5. The molecule has 0 spiro atoms. The average Bonchev–Trinajstić information content (AvgIpc) is 2.65. The van der Waals surface area contributed by atoms with E-state index in [1.54, 1.807) is 0 Å². The number of thioether (sulfide) groups is 1. The number of anilines is 1. The van der Waals surface area contributed by atoms with Crippen LogP contribution in [0.1, 0.15) is 0 Å². The smallest absolute Gasteiger partial charge is 0.279 e. The molecule has 1 fully saturated rings. The minimum Gasteiger partial charge on any atom is -0.334 e. The van der Waals surface area contributed by atoms with Gasteiger partial charge < -0.3 is 10.6 Å². The van der Waals surface area contributed by atoms with E-state index >= 15 is 0 Å². The standard InChI is InChI=1S/C8H7ClN4O2S/c9-5-1-6(11-3-10-5)13-7(14)4-2-16-8(15)12-4/h1,3-4H,2H2,(H,12,15)(H,10,11,13,14). The van der Waals surface area contributed by atoms with Crippen LogP contribution in [-0.4, -0.2) is 32.9 Å². The molecule has 0 aromatic carbocycles. The van der Waals surface area contributed by atoms with Gasteiger partial charge in [-0.15, -0.1) is 0 Å². The number of halogens is 1. The summed E-state index contributed by atoms with van der Waals surface area (Å²) in [6.45, 7) is 0. The van der Waals surface area contributed by atoms with Crippen molar-refractivity contribution in [3.05, 3.63) is 17.5 Å². The van der Waals surface area contributed by atoms with Crippen molar-refractivity contribution in [3.8, 4) is 0 Å². The van der Waals surface area contributed by atoms with Crippen LogP contribution in [0.5, 0.6) is 0 Å². The summed E-state index contributed by atoms with van der Waals surface area (Å²) >= 11 is 6.71. The Hall–Kier alpha value is -1.34. The molecular formula is C8H7ClN4O2S. The van der Waals surface area contributed by atoms with Gasteiger partial charge in [0.25, 0.3) is 5.24 Å². The van der Waals surface area contributed by atoms with Crippen molar-refractivity contribution >= 4 is 40.3 Å². The van der Waals surface area contributed by atoms with Crippen molar-refractivity contribution in [1.29, 1.82) is 0 Å². The topological polar surface area (TPSA) is 84.0 Å². The van der Waals surface area contributed by atoms with Gasteiger partial charge in [-0.25, -0.2) is 9.97 Å². The van der Waals surface area contributed by atoms with Gasteiger partial charge in [-0.05, 0) is 0 Å². The van der Waals surface area contributed by atoms with Crippen LogP contribution in [0.15, 0.2) is 12.4 Å². The number of carbonyl (C=O) groups is 2. The Kier molecular flexibility index (Phi) is 3.25. The second-order valence-corrected chi connectivity index (χ2v) is 4.39. The van der Waals surface area contributed by atoms with Gasteiger partial charge in [-0.1, -0.05) is 23.4 Å². The zero-order valence-corrected chi connectivity index (χ0v) is 9.51. The second-order valence-electron chi connectivity index (χ2n) is 3.01. The molecular weight excluding hydrogens is 252 g/mol. The van der Waals surface area contributed by atoms with Gasteiger partial charge in [0, 0.05) is 11.8 Å². The molecule has 0 saturated carbocycles. The first-order chi connectivity index (χ1) is 7.65. The molecule has 1 aliphatic heterocycles. The molecule has 16 heavy (non-hydrogen) atoms. The van der Waals surface area contributed by atoms with Gasteiger partial charge in [0.2, 0.25) is 5.91 Å². The number of amides is 2. The number of nitrogens with zero attached hydrogens (tertiary/aromatic N) is 2. The summed E-state index contributed by atoms with van der Waals surface area (Å²) in [5.41, 5.74) is 0. The highest BCUT2D eigenvalue weighted by molar-refractivity contribution is 8.14. The predicted molar refractivity (Wildman–Crippen MR) is 60.4 cm³/mol. The molecule has 1 atom stereocenters. The first-order valence-electron chi connectivity index (χ1n) is 4.37. The molecule has 1 aliphatic rings. The molecule has 0 bridgehead atoms. The largest absolute Gasteiger partial charge is 0.334 e. The molecule has 2 amide bonds. The van der Waals surface area contributed by atoms with Gasteiger partial charge in [-0.3, -0.25) is 9.59 Å². The van der Waals surface area contributed by atoms with E-state index in [-0.39, 0.29) is 16.3 Å². The Labute approximate surface area is 100 Å². The molecule has 1 unspecified atom stereocenters. The Balaban J connectivity index is 1.99. The van der Waals surface area contributed by atoms with E-state index in [0.717, 1.165) is 11.8 Å². The maximum atomic E-state index is 11.6. The first kappa shape index (κ1) is 11.2. The summed E-state index contributed by atoms with van der Waals surface area (Å²) in [6.07, 6.45) is 1.25. The lowest BCUT2D eigenvalue weighted by Gasteiger charge is -2.09. The minimum atomic E-state index is -0.522.